The largest absolute Gasteiger partial charge is 0.492 e. The number of ether oxygens (including phenoxy) is 1. The lowest BCUT2D eigenvalue weighted by Crippen LogP contribution is -2.29. The number of carbonyl (C=O) groups excluding carboxylic acids is 1. The predicted octanol–water partition coefficient (Wildman–Crippen LogP) is 5.38. The summed E-state index contributed by atoms with van der Waals surface area (Å²) in [6, 6.07) is 17.7. The summed E-state index contributed by atoms with van der Waals surface area (Å²) < 4.78 is 7.09. The summed E-state index contributed by atoms with van der Waals surface area (Å²) in [7, 11) is 1.62. The Morgan fingerprint density at radius 3 is 2.62 bits per heavy atom. The van der Waals surface area contributed by atoms with E-state index in [4.69, 9.17) is 9.72 Å². The second-order valence-electron chi connectivity index (χ2n) is 7.87. The maximum absolute atomic E-state index is 10.9. The van der Waals surface area contributed by atoms with E-state index >= 15 is 0 Å². The van der Waals surface area contributed by atoms with Crippen LogP contribution in [0, 0.1) is 0 Å². The van der Waals surface area contributed by atoms with E-state index < -0.39 is 0 Å². The van der Waals surface area contributed by atoms with E-state index in [1.165, 1.54) is 39.7 Å². The fourth-order valence-electron chi connectivity index (χ4n) is 4.10. The zero-order chi connectivity index (χ0) is 22.1. The molecule has 1 amide bonds. The molecule has 2 saturated heterocycles. The first kappa shape index (κ1) is 21.1. The molecular formula is C25H25N3O2S2. The van der Waals surface area contributed by atoms with Crippen LogP contribution >= 0.6 is 22.7 Å². The molecule has 0 aliphatic carbocycles. The number of hydrogen-bond acceptors (Lipinski definition) is 6. The number of fused-ring (bicyclic) bond motifs is 2. The van der Waals surface area contributed by atoms with E-state index in [2.05, 4.69) is 39.9 Å². The molecule has 2 atom stereocenters. The van der Waals surface area contributed by atoms with Gasteiger partial charge in [0.1, 0.15) is 16.3 Å². The number of benzene rings is 2. The van der Waals surface area contributed by atoms with Crippen LogP contribution in [0.3, 0.4) is 0 Å². The third-order valence-electron chi connectivity index (χ3n) is 6.00. The zero-order valence-electron chi connectivity index (χ0n) is 18.1. The Morgan fingerprint density at radius 2 is 2.03 bits per heavy atom. The van der Waals surface area contributed by atoms with Gasteiger partial charge in [-0.15, -0.1) is 22.7 Å². The van der Waals surface area contributed by atoms with Gasteiger partial charge in [-0.25, -0.2) is 4.98 Å². The molecule has 1 N–H and O–H groups in total. The van der Waals surface area contributed by atoms with Crippen molar-refractivity contribution in [3.05, 3.63) is 70.5 Å². The second-order valence-corrected chi connectivity index (χ2v) is 9.81. The molecule has 4 aromatic rings. The van der Waals surface area contributed by atoms with Gasteiger partial charge < -0.3 is 10.1 Å². The molecule has 0 radical (unpaired) electrons. The lowest BCUT2D eigenvalue weighted by atomic mass is 10.0. The Labute approximate surface area is 195 Å². The normalized spacial score (nSPS) is 20.5. The molecule has 164 valence electrons. The van der Waals surface area contributed by atoms with Gasteiger partial charge >= 0.3 is 0 Å². The molecule has 2 aliphatic heterocycles. The van der Waals surface area contributed by atoms with Gasteiger partial charge in [-0.05, 0) is 49.1 Å². The van der Waals surface area contributed by atoms with Gasteiger partial charge in [-0.1, -0.05) is 24.3 Å². The van der Waals surface area contributed by atoms with E-state index in [0.717, 1.165) is 11.3 Å². The van der Waals surface area contributed by atoms with Gasteiger partial charge in [0.05, 0.1) is 16.8 Å². The standard InChI is InChI=1S/C17H16N2OS2.C8H9NO/c1-2-20-12-6-5-11(13-4-3-9-21-13)15-14(12)18-16(22-15)17-7-8-19(17)10-17;1-9-8(10)7-5-3-2-4-6-7/h3-6,9H,2,7-8,10H2,1H3;2-6H,1H3,(H,9,10). The van der Waals surface area contributed by atoms with Crippen molar-refractivity contribution in [2.75, 3.05) is 26.7 Å². The zero-order valence-corrected chi connectivity index (χ0v) is 19.8. The number of carbonyl (C=O) groups is 1. The first-order valence-corrected chi connectivity index (χ1v) is 12.5. The average molecular weight is 464 g/mol. The van der Waals surface area contributed by atoms with E-state index in [1.807, 2.05) is 36.5 Å². The Balaban J connectivity index is 0.000000183. The topological polar surface area (TPSA) is 54.2 Å². The molecule has 2 aromatic heterocycles. The highest BCUT2D eigenvalue weighted by Crippen LogP contribution is 2.56. The second kappa shape index (κ2) is 8.65. The molecule has 2 aliphatic rings. The number of thiophene rings is 1. The van der Waals surface area contributed by atoms with Crippen LogP contribution in [0.1, 0.15) is 28.7 Å². The van der Waals surface area contributed by atoms with Crippen LogP contribution in [-0.2, 0) is 5.54 Å². The summed E-state index contributed by atoms with van der Waals surface area (Å²) in [5.41, 5.74) is 3.31. The first-order valence-electron chi connectivity index (χ1n) is 10.8. The quantitative estimate of drug-likeness (QED) is 0.404. The van der Waals surface area contributed by atoms with Crippen molar-refractivity contribution >= 4 is 38.8 Å². The number of rotatable bonds is 5. The van der Waals surface area contributed by atoms with Gasteiger partial charge in [-0.2, -0.15) is 0 Å². The molecule has 4 heterocycles. The molecule has 6 rings (SSSR count). The number of hydrogen-bond donors (Lipinski definition) is 1. The predicted molar refractivity (Wildman–Crippen MR) is 132 cm³/mol. The van der Waals surface area contributed by atoms with Crippen molar-refractivity contribution < 1.29 is 9.53 Å². The van der Waals surface area contributed by atoms with Gasteiger partial charge in [0.2, 0.25) is 0 Å². The third-order valence-corrected chi connectivity index (χ3v) is 8.19. The van der Waals surface area contributed by atoms with Crippen LogP contribution in [0.2, 0.25) is 0 Å². The molecule has 0 bridgehead atoms. The molecule has 7 heteroatoms. The molecule has 2 unspecified atom stereocenters. The summed E-state index contributed by atoms with van der Waals surface area (Å²) in [6.07, 6.45) is 1.26. The van der Waals surface area contributed by atoms with Crippen molar-refractivity contribution in [2.45, 2.75) is 18.9 Å². The fourth-order valence-corrected chi connectivity index (χ4v) is 6.27. The van der Waals surface area contributed by atoms with Crippen LogP contribution in [0.4, 0.5) is 0 Å². The molecular weight excluding hydrogens is 438 g/mol. The maximum Gasteiger partial charge on any atom is 0.251 e. The highest BCUT2D eigenvalue weighted by atomic mass is 32.1. The minimum absolute atomic E-state index is 0.0411. The Kier molecular flexibility index (Phi) is 5.71. The SMILES string of the molecule is CCOc1ccc(-c2cccs2)c2sc(C34CCN3C4)nc12.CNC(=O)c1ccccc1. The van der Waals surface area contributed by atoms with Crippen LogP contribution in [0.5, 0.6) is 5.75 Å². The summed E-state index contributed by atoms with van der Waals surface area (Å²) >= 11 is 3.65. The highest BCUT2D eigenvalue weighted by molar-refractivity contribution is 7.20. The number of nitrogens with one attached hydrogen (secondary N) is 1. The lowest BCUT2D eigenvalue weighted by Gasteiger charge is -2.23. The monoisotopic (exact) mass is 463 g/mol. The highest BCUT2D eigenvalue weighted by Gasteiger charge is 2.62. The number of nitrogens with zero attached hydrogens (tertiary/aromatic N) is 2. The van der Waals surface area contributed by atoms with Crippen LogP contribution < -0.4 is 10.1 Å². The summed E-state index contributed by atoms with van der Waals surface area (Å²) in [4.78, 5) is 19.7. The van der Waals surface area contributed by atoms with E-state index in [1.54, 1.807) is 30.5 Å². The van der Waals surface area contributed by atoms with Gasteiger partial charge in [0.25, 0.3) is 5.91 Å². The summed E-state index contributed by atoms with van der Waals surface area (Å²) in [6.45, 7) is 5.12. The molecule has 0 saturated carbocycles. The summed E-state index contributed by atoms with van der Waals surface area (Å²) in [5, 5.41) is 5.95. The number of aromatic nitrogens is 1. The Hall–Kier alpha value is -2.74. The third kappa shape index (κ3) is 3.70. The average Bonchev–Trinajstić information content (AvgIpc) is 3.29. The maximum atomic E-state index is 10.9. The number of thiazole rings is 1. The minimum Gasteiger partial charge on any atom is -0.492 e. The van der Waals surface area contributed by atoms with Crippen LogP contribution in [0.15, 0.2) is 60.0 Å². The number of amides is 1. The molecule has 32 heavy (non-hydrogen) atoms. The minimum atomic E-state index is -0.0411. The Morgan fingerprint density at radius 1 is 1.19 bits per heavy atom. The molecule has 5 nitrogen and oxygen atoms in total. The van der Waals surface area contributed by atoms with Gasteiger partial charge in [0, 0.05) is 36.1 Å². The smallest absolute Gasteiger partial charge is 0.251 e. The summed E-state index contributed by atoms with van der Waals surface area (Å²) in [5.74, 6) is 0.879. The molecule has 0 spiro atoms. The van der Waals surface area contributed by atoms with E-state index in [0.29, 0.717) is 12.2 Å². The van der Waals surface area contributed by atoms with Crippen molar-refractivity contribution in [3.63, 3.8) is 0 Å². The van der Waals surface area contributed by atoms with E-state index in [9.17, 15) is 4.79 Å². The van der Waals surface area contributed by atoms with Crippen LogP contribution in [0.25, 0.3) is 20.7 Å². The first-order chi connectivity index (χ1) is 15.7. The molecule has 2 fully saturated rings. The van der Waals surface area contributed by atoms with Crippen molar-refractivity contribution in [2.24, 2.45) is 0 Å². The fraction of sp³-hybridized carbons (Fsp3) is 0.280. The van der Waals surface area contributed by atoms with Crippen molar-refractivity contribution in [1.82, 2.24) is 15.2 Å². The Bertz CT molecular complexity index is 1230. The van der Waals surface area contributed by atoms with Crippen molar-refractivity contribution in [3.8, 4) is 16.2 Å². The lowest BCUT2D eigenvalue weighted by molar-refractivity contribution is 0.0963. The molecule has 2 aromatic carbocycles. The van der Waals surface area contributed by atoms with Gasteiger partial charge in [-0.3, -0.25) is 9.69 Å². The van der Waals surface area contributed by atoms with E-state index in [-0.39, 0.29) is 11.4 Å². The van der Waals surface area contributed by atoms with Crippen molar-refractivity contribution in [1.29, 1.82) is 0 Å². The van der Waals surface area contributed by atoms with Crippen LogP contribution in [-0.4, -0.2) is 42.5 Å². The van der Waals surface area contributed by atoms with Gasteiger partial charge in [0.15, 0.2) is 0 Å².